The molecule has 6 heteroatoms. The molecule has 0 saturated heterocycles. The molecule has 1 heterocycles. The van der Waals surface area contributed by atoms with Crippen LogP contribution in [0.5, 0.6) is 11.5 Å². The summed E-state index contributed by atoms with van der Waals surface area (Å²) in [5, 5.41) is 3.45. The number of rotatable bonds is 3. The molecule has 0 radical (unpaired) electrons. The monoisotopic (exact) mass is 234 g/mol. The van der Waals surface area contributed by atoms with Gasteiger partial charge in [0.2, 0.25) is 5.88 Å². The molecule has 0 fully saturated rings. The number of hydrogen-bond donors (Lipinski definition) is 1. The fraction of sp³-hybridized carbons (Fsp3) is 0.0909. The van der Waals surface area contributed by atoms with Crippen LogP contribution in [0.4, 0.5) is 5.88 Å². The first kappa shape index (κ1) is 11.0. The molecular weight excluding hydrogens is 224 g/mol. The predicted octanol–water partition coefficient (Wildman–Crippen LogP) is 1.48. The van der Waals surface area contributed by atoms with E-state index in [4.69, 9.17) is 15.2 Å². The van der Waals surface area contributed by atoms with Gasteiger partial charge in [-0.05, 0) is 12.1 Å². The summed E-state index contributed by atoms with van der Waals surface area (Å²) in [6, 6.07) is 7.96. The Morgan fingerprint density at radius 2 is 2.12 bits per heavy atom. The lowest BCUT2D eigenvalue weighted by atomic mass is 10.3. The number of carbonyl (C=O) groups excluding carboxylic acids is 1. The molecule has 2 aromatic rings. The summed E-state index contributed by atoms with van der Waals surface area (Å²) in [6.45, 7) is 0. The van der Waals surface area contributed by atoms with Crippen molar-refractivity contribution in [3.05, 3.63) is 36.0 Å². The van der Waals surface area contributed by atoms with Crippen LogP contribution in [-0.2, 0) is 0 Å². The number of aromatic nitrogens is 1. The number of nitrogen functional groups attached to an aromatic ring is 1. The van der Waals surface area contributed by atoms with Gasteiger partial charge in [0.05, 0.1) is 7.11 Å². The summed E-state index contributed by atoms with van der Waals surface area (Å²) >= 11 is 0. The van der Waals surface area contributed by atoms with Crippen molar-refractivity contribution < 1.29 is 18.8 Å². The van der Waals surface area contributed by atoms with Crippen molar-refractivity contribution in [1.82, 2.24) is 5.16 Å². The van der Waals surface area contributed by atoms with E-state index in [0.717, 1.165) is 0 Å². The first-order valence-corrected chi connectivity index (χ1v) is 4.77. The zero-order chi connectivity index (χ0) is 12.3. The first-order chi connectivity index (χ1) is 8.19. The average Bonchev–Trinajstić information content (AvgIpc) is 2.76. The molecule has 0 amide bonds. The van der Waals surface area contributed by atoms with Gasteiger partial charge in [-0.25, -0.2) is 4.79 Å². The van der Waals surface area contributed by atoms with Gasteiger partial charge in [-0.2, -0.15) is 0 Å². The molecule has 0 spiro atoms. The Labute approximate surface area is 96.9 Å². The molecule has 88 valence electrons. The molecule has 1 aromatic heterocycles. The Bertz CT molecular complexity index is 536. The van der Waals surface area contributed by atoms with Crippen LogP contribution in [-0.4, -0.2) is 18.2 Å². The van der Waals surface area contributed by atoms with Crippen molar-refractivity contribution in [2.24, 2.45) is 0 Å². The summed E-state index contributed by atoms with van der Waals surface area (Å²) in [7, 11) is 1.53. The minimum Gasteiger partial charge on any atom is -0.497 e. The number of hydrogen-bond acceptors (Lipinski definition) is 6. The van der Waals surface area contributed by atoms with Crippen LogP contribution in [0, 0.1) is 0 Å². The molecule has 0 saturated carbocycles. The van der Waals surface area contributed by atoms with E-state index in [-0.39, 0.29) is 11.6 Å². The zero-order valence-corrected chi connectivity index (χ0v) is 9.04. The number of nitrogens with two attached hydrogens (primary N) is 1. The van der Waals surface area contributed by atoms with E-state index < -0.39 is 5.97 Å². The molecule has 0 aliphatic rings. The van der Waals surface area contributed by atoms with Crippen LogP contribution in [0.3, 0.4) is 0 Å². The second kappa shape index (κ2) is 4.56. The highest BCUT2D eigenvalue weighted by atomic mass is 16.5. The lowest BCUT2D eigenvalue weighted by Crippen LogP contribution is -2.08. The van der Waals surface area contributed by atoms with Crippen LogP contribution >= 0.6 is 0 Å². The van der Waals surface area contributed by atoms with E-state index >= 15 is 0 Å². The Hall–Kier alpha value is -2.50. The molecule has 6 nitrogen and oxygen atoms in total. The second-order valence-electron chi connectivity index (χ2n) is 3.18. The molecule has 0 bridgehead atoms. The van der Waals surface area contributed by atoms with E-state index in [1.54, 1.807) is 24.3 Å². The van der Waals surface area contributed by atoms with Gasteiger partial charge < -0.3 is 19.7 Å². The maximum Gasteiger partial charge on any atom is 0.366 e. The lowest BCUT2D eigenvalue weighted by molar-refractivity contribution is 0.0724. The van der Waals surface area contributed by atoms with Gasteiger partial charge in [-0.15, -0.1) is 0 Å². The fourth-order valence-corrected chi connectivity index (χ4v) is 1.21. The fourth-order valence-electron chi connectivity index (χ4n) is 1.21. The molecule has 0 aliphatic heterocycles. The normalized spacial score (nSPS) is 9.94. The Morgan fingerprint density at radius 1 is 1.35 bits per heavy atom. The molecule has 0 unspecified atom stereocenters. The highest BCUT2D eigenvalue weighted by Crippen LogP contribution is 2.20. The smallest absolute Gasteiger partial charge is 0.366 e. The third-order valence-corrected chi connectivity index (χ3v) is 1.99. The minimum atomic E-state index is -0.640. The molecule has 0 atom stereocenters. The number of esters is 1. The molecule has 1 aromatic carbocycles. The van der Waals surface area contributed by atoms with E-state index in [9.17, 15) is 4.79 Å². The summed E-state index contributed by atoms with van der Waals surface area (Å²) in [5.74, 6) is 0.368. The Kier molecular flexibility index (Phi) is 2.95. The first-order valence-electron chi connectivity index (χ1n) is 4.77. The maximum absolute atomic E-state index is 11.6. The summed E-state index contributed by atoms with van der Waals surface area (Å²) < 4.78 is 14.6. The van der Waals surface area contributed by atoms with Crippen LogP contribution < -0.4 is 15.2 Å². The second-order valence-corrected chi connectivity index (χ2v) is 3.18. The number of carbonyl (C=O) groups is 1. The van der Waals surface area contributed by atoms with Crippen molar-refractivity contribution >= 4 is 11.9 Å². The Balaban J connectivity index is 2.12. The van der Waals surface area contributed by atoms with E-state index in [2.05, 4.69) is 9.68 Å². The Morgan fingerprint density at radius 3 is 2.76 bits per heavy atom. The van der Waals surface area contributed by atoms with Crippen molar-refractivity contribution in [2.45, 2.75) is 0 Å². The van der Waals surface area contributed by atoms with E-state index in [1.165, 1.54) is 13.2 Å². The van der Waals surface area contributed by atoms with Crippen molar-refractivity contribution in [1.29, 1.82) is 0 Å². The summed E-state index contributed by atoms with van der Waals surface area (Å²) in [4.78, 5) is 11.6. The van der Waals surface area contributed by atoms with Crippen molar-refractivity contribution in [2.75, 3.05) is 12.8 Å². The van der Waals surface area contributed by atoms with Gasteiger partial charge in [0, 0.05) is 12.1 Å². The number of ether oxygens (including phenoxy) is 2. The molecular formula is C11H10N2O4. The van der Waals surface area contributed by atoms with Gasteiger partial charge in [0.15, 0.2) is 5.69 Å². The van der Waals surface area contributed by atoms with Crippen molar-refractivity contribution in [3.8, 4) is 11.5 Å². The highest BCUT2D eigenvalue weighted by molar-refractivity contribution is 5.89. The molecule has 17 heavy (non-hydrogen) atoms. The van der Waals surface area contributed by atoms with Crippen LogP contribution in [0.1, 0.15) is 10.5 Å². The van der Waals surface area contributed by atoms with Gasteiger partial charge in [-0.3, -0.25) is 0 Å². The SMILES string of the molecule is COc1cccc(OC(=O)c2cc(N)on2)c1. The van der Waals surface area contributed by atoms with Gasteiger partial charge in [0.25, 0.3) is 0 Å². The lowest BCUT2D eigenvalue weighted by Gasteiger charge is -2.03. The topological polar surface area (TPSA) is 87.6 Å². The minimum absolute atomic E-state index is 0.0188. The quantitative estimate of drug-likeness (QED) is 0.639. The van der Waals surface area contributed by atoms with Crippen molar-refractivity contribution in [3.63, 3.8) is 0 Å². The van der Waals surface area contributed by atoms with Gasteiger partial charge in [0.1, 0.15) is 11.5 Å². The third-order valence-electron chi connectivity index (χ3n) is 1.99. The average molecular weight is 234 g/mol. The van der Waals surface area contributed by atoms with Crippen LogP contribution in [0.15, 0.2) is 34.9 Å². The van der Waals surface area contributed by atoms with Gasteiger partial charge in [-0.1, -0.05) is 11.2 Å². The van der Waals surface area contributed by atoms with E-state index in [0.29, 0.717) is 11.5 Å². The molecule has 2 rings (SSSR count). The summed E-state index contributed by atoms with van der Waals surface area (Å²) in [6.07, 6.45) is 0. The number of nitrogens with zero attached hydrogens (tertiary/aromatic N) is 1. The van der Waals surface area contributed by atoms with E-state index in [1.807, 2.05) is 0 Å². The zero-order valence-electron chi connectivity index (χ0n) is 9.04. The summed E-state index contributed by atoms with van der Waals surface area (Å²) in [5.41, 5.74) is 5.32. The predicted molar refractivity (Wildman–Crippen MR) is 58.9 cm³/mol. The number of benzene rings is 1. The van der Waals surface area contributed by atoms with Crippen LogP contribution in [0.25, 0.3) is 0 Å². The molecule has 2 N–H and O–H groups in total. The largest absolute Gasteiger partial charge is 0.497 e. The third kappa shape index (κ3) is 2.54. The van der Waals surface area contributed by atoms with Gasteiger partial charge >= 0.3 is 5.97 Å². The highest BCUT2D eigenvalue weighted by Gasteiger charge is 2.14. The standard InChI is InChI=1S/C11H10N2O4/c1-15-7-3-2-4-8(5-7)16-11(14)9-6-10(12)17-13-9/h2-6H,12H2,1H3. The number of methoxy groups -OCH3 is 1. The number of anilines is 1. The molecule has 0 aliphatic carbocycles. The maximum atomic E-state index is 11.6. The van der Waals surface area contributed by atoms with Crippen LogP contribution in [0.2, 0.25) is 0 Å².